The van der Waals surface area contributed by atoms with Gasteiger partial charge in [0.25, 0.3) is 0 Å². The lowest BCUT2D eigenvalue weighted by Gasteiger charge is -2.27. The van der Waals surface area contributed by atoms with Crippen LogP contribution < -0.4 is 5.32 Å². The van der Waals surface area contributed by atoms with Crippen LogP contribution >= 0.6 is 39.9 Å². The molecule has 0 bridgehead atoms. The largest absolute Gasteiger partial charge is 0.462 e. The molecular weight excluding hydrogens is 432 g/mol. The van der Waals surface area contributed by atoms with Gasteiger partial charge >= 0.3 is 5.97 Å². The van der Waals surface area contributed by atoms with E-state index in [2.05, 4.69) is 50.4 Å². The second-order valence-corrected chi connectivity index (χ2v) is 8.19. The van der Waals surface area contributed by atoms with Crippen molar-refractivity contribution < 1.29 is 9.53 Å². The van der Waals surface area contributed by atoms with Gasteiger partial charge in [0.05, 0.1) is 12.2 Å². The first-order valence-corrected chi connectivity index (χ1v) is 10.6. The quantitative estimate of drug-likeness (QED) is 0.517. The van der Waals surface area contributed by atoms with E-state index in [1.807, 2.05) is 23.9 Å². The highest BCUT2D eigenvalue weighted by Gasteiger charge is 2.28. The second-order valence-electron chi connectivity index (χ2n) is 5.70. The van der Waals surface area contributed by atoms with Crippen LogP contribution in [-0.2, 0) is 4.74 Å². The fourth-order valence-electron chi connectivity index (χ4n) is 2.68. The summed E-state index contributed by atoms with van der Waals surface area (Å²) in [6.45, 7) is 3.06. The predicted molar refractivity (Wildman–Crippen MR) is 115 cm³/mol. The smallest absolute Gasteiger partial charge is 0.338 e. The first-order chi connectivity index (χ1) is 12.6. The van der Waals surface area contributed by atoms with Gasteiger partial charge in [-0.25, -0.2) is 4.79 Å². The number of carbonyl (C=O) groups is 1. The average molecular weight is 451 g/mol. The Labute approximate surface area is 171 Å². The van der Waals surface area contributed by atoms with Crippen molar-refractivity contribution in [3.63, 3.8) is 0 Å². The zero-order valence-electron chi connectivity index (χ0n) is 14.3. The summed E-state index contributed by atoms with van der Waals surface area (Å²) in [5, 5.41) is 4.17. The molecule has 0 spiro atoms. The minimum Gasteiger partial charge on any atom is -0.462 e. The Balaban J connectivity index is 1.67. The van der Waals surface area contributed by atoms with E-state index in [9.17, 15) is 4.79 Å². The van der Waals surface area contributed by atoms with E-state index >= 15 is 0 Å². The van der Waals surface area contributed by atoms with Crippen molar-refractivity contribution >= 4 is 56.7 Å². The highest BCUT2D eigenvalue weighted by atomic mass is 79.9. The van der Waals surface area contributed by atoms with Crippen LogP contribution in [0.5, 0.6) is 0 Å². The van der Waals surface area contributed by atoms with Crippen LogP contribution in [0.25, 0.3) is 0 Å². The van der Waals surface area contributed by atoms with Gasteiger partial charge in [-0.1, -0.05) is 28.1 Å². The third kappa shape index (κ3) is 4.58. The fourth-order valence-corrected chi connectivity index (χ4v) is 4.59. The van der Waals surface area contributed by atoms with Crippen molar-refractivity contribution in [3.8, 4) is 0 Å². The molecule has 1 atom stereocenters. The molecule has 26 heavy (non-hydrogen) atoms. The number of benzene rings is 2. The van der Waals surface area contributed by atoms with E-state index in [0.29, 0.717) is 17.3 Å². The number of hydrogen-bond donors (Lipinski definition) is 1. The molecule has 0 unspecified atom stereocenters. The van der Waals surface area contributed by atoms with Gasteiger partial charge < -0.3 is 15.0 Å². The van der Waals surface area contributed by atoms with Crippen molar-refractivity contribution in [2.75, 3.05) is 24.2 Å². The molecule has 1 heterocycles. The summed E-state index contributed by atoms with van der Waals surface area (Å²) in [7, 11) is 0. The van der Waals surface area contributed by atoms with Gasteiger partial charge in [0, 0.05) is 22.5 Å². The molecular formula is C19H19BrN2O2S2. The van der Waals surface area contributed by atoms with E-state index < -0.39 is 0 Å². The summed E-state index contributed by atoms with van der Waals surface area (Å²) in [5.41, 5.74) is 2.62. The maximum absolute atomic E-state index is 11.7. The number of halogens is 1. The number of rotatable bonds is 4. The van der Waals surface area contributed by atoms with Crippen LogP contribution in [0.1, 0.15) is 28.2 Å². The molecule has 136 valence electrons. The molecule has 2 aromatic rings. The van der Waals surface area contributed by atoms with Crippen LogP contribution in [0.15, 0.2) is 53.0 Å². The summed E-state index contributed by atoms with van der Waals surface area (Å²) in [4.78, 5) is 13.9. The lowest BCUT2D eigenvalue weighted by molar-refractivity contribution is 0.0526. The van der Waals surface area contributed by atoms with Crippen molar-refractivity contribution in [1.29, 1.82) is 0 Å². The van der Waals surface area contributed by atoms with Crippen LogP contribution in [0, 0.1) is 0 Å². The van der Waals surface area contributed by atoms with Crippen LogP contribution in [0.4, 0.5) is 5.69 Å². The van der Waals surface area contributed by atoms with Gasteiger partial charge in [0.1, 0.15) is 5.37 Å². The summed E-state index contributed by atoms with van der Waals surface area (Å²) < 4.78 is 6.07. The van der Waals surface area contributed by atoms with E-state index in [0.717, 1.165) is 22.5 Å². The summed E-state index contributed by atoms with van der Waals surface area (Å²) >= 11 is 11.0. The second kappa shape index (κ2) is 8.88. The number of thioether (sulfide) groups is 1. The maximum Gasteiger partial charge on any atom is 0.338 e. The van der Waals surface area contributed by atoms with E-state index in [4.69, 9.17) is 17.0 Å². The molecule has 4 nitrogen and oxygen atoms in total. The highest BCUT2D eigenvalue weighted by Crippen LogP contribution is 2.38. The molecule has 0 aliphatic carbocycles. The lowest BCUT2D eigenvalue weighted by atomic mass is 10.2. The third-order valence-electron chi connectivity index (χ3n) is 3.95. The van der Waals surface area contributed by atoms with Crippen LogP contribution in [0.3, 0.4) is 0 Å². The number of ether oxygens (including phenoxy) is 1. The standard InChI is InChI=1S/C19H19BrN2O2S2/c1-2-24-18(23)14-5-9-16(10-6-14)21-19(25)22-11-12-26-17(22)13-3-7-15(20)8-4-13/h3-10,17H,2,11-12H2,1H3,(H,21,25)/t17-/m1/s1. The Bertz CT molecular complexity index is 781. The normalized spacial score (nSPS) is 16.4. The molecule has 1 N–H and O–H groups in total. The molecule has 0 saturated carbocycles. The SMILES string of the molecule is CCOC(=O)c1ccc(NC(=S)N2CCS[C@@H]2c2ccc(Br)cc2)cc1. The summed E-state index contributed by atoms with van der Waals surface area (Å²) in [5.74, 6) is 0.720. The van der Waals surface area contributed by atoms with Gasteiger partial charge in [-0.3, -0.25) is 0 Å². The summed E-state index contributed by atoms with van der Waals surface area (Å²) in [6, 6.07) is 15.5. The number of carbonyl (C=O) groups excluding carboxylic acids is 1. The van der Waals surface area contributed by atoms with Crippen molar-refractivity contribution in [2.24, 2.45) is 0 Å². The van der Waals surface area contributed by atoms with Gasteiger partial charge in [-0.05, 0) is 61.1 Å². The Morgan fingerprint density at radius 3 is 2.62 bits per heavy atom. The Morgan fingerprint density at radius 2 is 1.96 bits per heavy atom. The van der Waals surface area contributed by atoms with Gasteiger partial charge in [-0.2, -0.15) is 0 Å². The molecule has 0 radical (unpaired) electrons. The van der Waals surface area contributed by atoms with Crippen LogP contribution in [-0.4, -0.2) is 34.9 Å². The molecule has 7 heteroatoms. The van der Waals surface area contributed by atoms with Crippen molar-refractivity contribution in [3.05, 3.63) is 64.1 Å². The zero-order valence-corrected chi connectivity index (χ0v) is 17.5. The molecule has 1 saturated heterocycles. The Kier molecular flexibility index (Phi) is 6.56. The minimum absolute atomic E-state index is 0.210. The number of anilines is 1. The molecule has 1 fully saturated rings. The van der Waals surface area contributed by atoms with Crippen molar-refractivity contribution in [1.82, 2.24) is 4.90 Å². The number of hydrogen-bond acceptors (Lipinski definition) is 4. The van der Waals surface area contributed by atoms with Gasteiger partial charge in [0.15, 0.2) is 5.11 Å². The van der Waals surface area contributed by atoms with E-state index in [1.54, 1.807) is 19.1 Å². The molecule has 0 amide bonds. The first-order valence-electron chi connectivity index (χ1n) is 8.30. The average Bonchev–Trinajstić information content (AvgIpc) is 3.13. The third-order valence-corrected chi connectivity index (χ3v) is 6.08. The van der Waals surface area contributed by atoms with Gasteiger partial charge in [0.2, 0.25) is 0 Å². The number of nitrogens with zero attached hydrogens (tertiary/aromatic N) is 1. The Morgan fingerprint density at radius 1 is 1.27 bits per heavy atom. The number of esters is 1. The highest BCUT2D eigenvalue weighted by molar-refractivity contribution is 9.10. The Hall–Kier alpha value is -1.57. The number of nitrogens with one attached hydrogen (secondary N) is 1. The predicted octanol–water partition coefficient (Wildman–Crippen LogP) is 5.07. The molecule has 0 aromatic heterocycles. The summed E-state index contributed by atoms with van der Waals surface area (Å²) in [6.07, 6.45) is 0. The van der Waals surface area contributed by atoms with E-state index in [-0.39, 0.29) is 11.3 Å². The molecule has 3 rings (SSSR count). The van der Waals surface area contributed by atoms with Crippen LogP contribution in [0.2, 0.25) is 0 Å². The fraction of sp³-hybridized carbons (Fsp3) is 0.263. The molecule has 2 aromatic carbocycles. The molecule has 1 aliphatic rings. The first kappa shape index (κ1) is 19.2. The van der Waals surface area contributed by atoms with Crippen molar-refractivity contribution in [2.45, 2.75) is 12.3 Å². The molecule has 1 aliphatic heterocycles. The zero-order chi connectivity index (χ0) is 18.5. The monoisotopic (exact) mass is 450 g/mol. The van der Waals surface area contributed by atoms with E-state index in [1.165, 1.54) is 5.56 Å². The number of thiocarbonyl (C=S) groups is 1. The lowest BCUT2D eigenvalue weighted by Crippen LogP contribution is -2.34. The van der Waals surface area contributed by atoms with Gasteiger partial charge in [-0.15, -0.1) is 11.8 Å². The maximum atomic E-state index is 11.7. The topological polar surface area (TPSA) is 41.6 Å². The minimum atomic E-state index is -0.312.